The summed E-state index contributed by atoms with van der Waals surface area (Å²) in [4.78, 5) is 68.7. The number of nitrogens with one attached hydrogen (secondary N) is 1. The Bertz CT molecular complexity index is 1670. The van der Waals surface area contributed by atoms with E-state index in [1.165, 1.54) is 10.6 Å². The Morgan fingerprint density at radius 1 is 0.804 bits per heavy atom. The van der Waals surface area contributed by atoms with Gasteiger partial charge in [0.25, 0.3) is 17.0 Å². The van der Waals surface area contributed by atoms with Crippen LogP contribution in [0, 0.1) is 33.6 Å². The molecular weight excluding hydrogens is 664 g/mol. The number of carbonyl (C=O) groups excluding carboxylic acids is 1. The SMILES string of the molecule is Cc1cc(C(=O)NCC2CCN(CC3(O)CCOCC3)CC2)c(=O)n(C(C)C)c1C.Cc1cc(C(=O)O)c(=O)n(C(C)C)c1C.O=C(O)C(=O)O. The van der Waals surface area contributed by atoms with Crippen LogP contribution in [0.15, 0.2) is 21.7 Å². The molecule has 51 heavy (non-hydrogen) atoms. The first-order chi connectivity index (χ1) is 23.7. The van der Waals surface area contributed by atoms with E-state index in [-0.39, 0.29) is 34.7 Å². The van der Waals surface area contributed by atoms with Crippen molar-refractivity contribution < 1.29 is 44.3 Å². The molecular formula is C36H54N4O11. The zero-order valence-corrected chi connectivity index (χ0v) is 30.9. The van der Waals surface area contributed by atoms with E-state index in [4.69, 9.17) is 29.6 Å². The molecule has 2 fully saturated rings. The second kappa shape index (κ2) is 18.8. The van der Waals surface area contributed by atoms with Gasteiger partial charge in [0, 0.05) is 62.6 Å². The maximum atomic E-state index is 12.8. The Kier molecular flexibility index (Phi) is 15.8. The summed E-state index contributed by atoms with van der Waals surface area (Å²) in [5.74, 6) is -4.70. The topological polar surface area (TPSA) is 218 Å². The van der Waals surface area contributed by atoms with Gasteiger partial charge in [-0.25, -0.2) is 14.4 Å². The van der Waals surface area contributed by atoms with Gasteiger partial charge in [0.2, 0.25) is 0 Å². The number of aliphatic hydroxyl groups is 1. The molecule has 0 aromatic carbocycles. The lowest BCUT2D eigenvalue weighted by Gasteiger charge is -2.39. The molecule has 284 valence electrons. The van der Waals surface area contributed by atoms with Gasteiger partial charge in [-0.2, -0.15) is 0 Å². The maximum absolute atomic E-state index is 12.8. The minimum absolute atomic E-state index is 0.0128. The third-order valence-corrected chi connectivity index (χ3v) is 9.37. The number of carboxylic acid groups (broad SMARTS) is 3. The predicted octanol–water partition coefficient (Wildman–Crippen LogP) is 2.93. The average molecular weight is 719 g/mol. The number of aryl methyl sites for hydroxylation is 2. The molecule has 2 saturated heterocycles. The van der Waals surface area contributed by atoms with Crippen molar-refractivity contribution in [2.75, 3.05) is 39.4 Å². The van der Waals surface area contributed by atoms with Gasteiger partial charge < -0.3 is 44.5 Å². The minimum atomic E-state index is -1.82. The zero-order valence-electron chi connectivity index (χ0n) is 30.9. The predicted molar refractivity (Wildman–Crippen MR) is 190 cm³/mol. The molecule has 2 aliphatic rings. The number of aliphatic carboxylic acids is 2. The van der Waals surface area contributed by atoms with Crippen LogP contribution in [-0.4, -0.2) is 103 Å². The lowest BCUT2D eigenvalue weighted by Crippen LogP contribution is -2.49. The van der Waals surface area contributed by atoms with Crippen molar-refractivity contribution in [1.29, 1.82) is 0 Å². The van der Waals surface area contributed by atoms with E-state index < -0.39 is 29.1 Å². The van der Waals surface area contributed by atoms with Gasteiger partial charge in [0.05, 0.1) is 5.60 Å². The number of β-amino-alcohol motifs (C(OH)–C–C–N with tert-alkyl or cyclic N) is 1. The number of hydrogen-bond acceptors (Lipinski definition) is 9. The van der Waals surface area contributed by atoms with Crippen LogP contribution >= 0.6 is 0 Å². The number of likely N-dealkylation sites (tertiary alicyclic amines) is 1. The summed E-state index contributed by atoms with van der Waals surface area (Å²) in [6, 6.07) is 3.12. The summed E-state index contributed by atoms with van der Waals surface area (Å²) in [6.07, 6.45) is 3.37. The van der Waals surface area contributed by atoms with E-state index in [1.54, 1.807) is 17.6 Å². The number of ether oxygens (including phenoxy) is 1. The van der Waals surface area contributed by atoms with Crippen molar-refractivity contribution in [2.45, 2.75) is 98.8 Å². The maximum Gasteiger partial charge on any atom is 0.414 e. The summed E-state index contributed by atoms with van der Waals surface area (Å²) < 4.78 is 8.57. The van der Waals surface area contributed by atoms with Crippen LogP contribution in [0.4, 0.5) is 0 Å². The highest BCUT2D eigenvalue weighted by Crippen LogP contribution is 2.25. The van der Waals surface area contributed by atoms with E-state index in [2.05, 4.69) is 10.2 Å². The number of hydrogen-bond donors (Lipinski definition) is 5. The molecule has 0 bridgehead atoms. The van der Waals surface area contributed by atoms with Gasteiger partial charge in [-0.3, -0.25) is 14.4 Å². The monoisotopic (exact) mass is 718 g/mol. The molecule has 1 amide bonds. The Hall–Kier alpha value is -4.34. The molecule has 0 atom stereocenters. The van der Waals surface area contributed by atoms with Crippen molar-refractivity contribution in [2.24, 2.45) is 5.92 Å². The summed E-state index contributed by atoms with van der Waals surface area (Å²) in [5, 5.41) is 37.4. The first-order valence-electron chi connectivity index (χ1n) is 17.2. The second-order valence-corrected chi connectivity index (χ2v) is 13.9. The second-order valence-electron chi connectivity index (χ2n) is 13.9. The number of carboxylic acids is 3. The Morgan fingerprint density at radius 3 is 1.65 bits per heavy atom. The van der Waals surface area contributed by atoms with Crippen LogP contribution in [0.1, 0.15) is 109 Å². The van der Waals surface area contributed by atoms with Gasteiger partial charge in [-0.1, -0.05) is 0 Å². The number of rotatable bonds is 8. The van der Waals surface area contributed by atoms with Gasteiger partial charge in [0.1, 0.15) is 11.1 Å². The molecule has 2 aliphatic heterocycles. The Morgan fingerprint density at radius 2 is 1.24 bits per heavy atom. The number of amides is 1. The van der Waals surface area contributed by atoms with Crippen LogP contribution in [0.3, 0.4) is 0 Å². The third kappa shape index (κ3) is 11.9. The molecule has 5 N–H and O–H groups in total. The molecule has 15 nitrogen and oxygen atoms in total. The van der Waals surface area contributed by atoms with Gasteiger partial charge in [-0.05, 0) is 110 Å². The Balaban J connectivity index is 0.000000356. The largest absolute Gasteiger partial charge is 0.477 e. The molecule has 2 aromatic heterocycles. The number of aromatic nitrogens is 2. The Labute approximate surface area is 297 Å². The molecule has 0 unspecified atom stereocenters. The fraction of sp³-hybridized carbons (Fsp3) is 0.611. The summed E-state index contributed by atoms with van der Waals surface area (Å²) in [6.45, 7) is 19.5. The molecule has 0 aliphatic carbocycles. The third-order valence-electron chi connectivity index (χ3n) is 9.37. The lowest BCUT2D eigenvalue weighted by atomic mass is 9.91. The fourth-order valence-electron chi connectivity index (χ4n) is 6.28. The van der Waals surface area contributed by atoms with Crippen LogP contribution < -0.4 is 16.4 Å². The first-order valence-corrected chi connectivity index (χ1v) is 17.2. The number of piperidine rings is 1. The van der Waals surface area contributed by atoms with Crippen molar-refractivity contribution in [3.63, 3.8) is 0 Å². The summed E-state index contributed by atoms with van der Waals surface area (Å²) in [7, 11) is 0. The number of nitrogens with zero attached hydrogens (tertiary/aromatic N) is 3. The van der Waals surface area contributed by atoms with Crippen LogP contribution in [0.25, 0.3) is 0 Å². The van der Waals surface area contributed by atoms with Crippen molar-refractivity contribution in [1.82, 2.24) is 19.4 Å². The molecule has 0 saturated carbocycles. The summed E-state index contributed by atoms with van der Waals surface area (Å²) in [5.41, 5.74) is 2.29. The van der Waals surface area contributed by atoms with Gasteiger partial charge >= 0.3 is 17.9 Å². The first kappa shape index (κ1) is 42.8. The molecule has 2 aromatic rings. The number of aromatic carboxylic acids is 1. The van der Waals surface area contributed by atoms with Gasteiger partial charge in [0.15, 0.2) is 0 Å². The van der Waals surface area contributed by atoms with E-state index in [0.29, 0.717) is 45.1 Å². The molecule has 4 heterocycles. The molecule has 0 spiro atoms. The van der Waals surface area contributed by atoms with E-state index in [1.807, 2.05) is 48.5 Å². The molecule has 0 radical (unpaired) electrons. The number of carbonyl (C=O) groups is 4. The lowest BCUT2D eigenvalue weighted by molar-refractivity contribution is -0.159. The molecule has 15 heteroatoms. The smallest absolute Gasteiger partial charge is 0.414 e. The van der Waals surface area contributed by atoms with Crippen LogP contribution in [0.5, 0.6) is 0 Å². The van der Waals surface area contributed by atoms with Crippen molar-refractivity contribution >= 4 is 23.8 Å². The van der Waals surface area contributed by atoms with Crippen LogP contribution in [-0.2, 0) is 14.3 Å². The van der Waals surface area contributed by atoms with E-state index in [9.17, 15) is 24.3 Å². The van der Waals surface area contributed by atoms with E-state index >= 15 is 0 Å². The highest BCUT2D eigenvalue weighted by atomic mass is 16.5. The molecule has 4 rings (SSSR count). The quantitative estimate of drug-likeness (QED) is 0.249. The standard InChI is InChI=1S/C23H37N3O4.C11H15NO3.C2H2O4/c1-16(2)26-18(4)17(3)13-20(22(26)28)21(27)24-14-19-5-9-25(10-6-19)15-23(29)7-11-30-12-8-23;1-6(2)12-8(4)7(3)5-9(10(12)13)11(14)15;3-1(4)2(5)6/h13,16,19,29H,5-12,14-15H2,1-4H3,(H,24,27);5-6H,1-4H3,(H,14,15);(H,3,4)(H,5,6). The normalized spacial score (nSPS) is 16.1. The zero-order chi connectivity index (χ0) is 38.8. The highest BCUT2D eigenvalue weighted by molar-refractivity contribution is 6.27. The van der Waals surface area contributed by atoms with Crippen molar-refractivity contribution in [3.05, 3.63) is 66.5 Å². The highest BCUT2D eigenvalue weighted by Gasteiger charge is 2.33. The fourth-order valence-corrected chi connectivity index (χ4v) is 6.28. The van der Waals surface area contributed by atoms with E-state index in [0.717, 1.165) is 48.4 Å². The summed E-state index contributed by atoms with van der Waals surface area (Å²) >= 11 is 0. The van der Waals surface area contributed by atoms with Crippen LogP contribution in [0.2, 0.25) is 0 Å². The van der Waals surface area contributed by atoms with Gasteiger partial charge in [-0.15, -0.1) is 0 Å². The van der Waals surface area contributed by atoms with Crippen molar-refractivity contribution in [3.8, 4) is 0 Å². The average Bonchev–Trinajstić information content (AvgIpc) is 3.04. The minimum Gasteiger partial charge on any atom is -0.477 e. The number of pyridine rings is 2.